The van der Waals surface area contributed by atoms with E-state index in [4.69, 9.17) is 4.74 Å². The maximum atomic E-state index is 12.7. The molecule has 1 N–H and O–H groups in total. The van der Waals surface area contributed by atoms with Gasteiger partial charge in [-0.05, 0) is 31.2 Å². The highest BCUT2D eigenvalue weighted by Crippen LogP contribution is 2.23. The number of carbonyl (C=O) groups excluding carboxylic acids is 1. The molecule has 0 fully saturated rings. The summed E-state index contributed by atoms with van der Waals surface area (Å²) in [5.41, 5.74) is 1.27. The second kappa shape index (κ2) is 7.93. The summed E-state index contributed by atoms with van der Waals surface area (Å²) < 4.78 is 8.18. The van der Waals surface area contributed by atoms with Crippen molar-refractivity contribution in [1.29, 1.82) is 0 Å². The molecule has 29 heavy (non-hydrogen) atoms. The fraction of sp³-hybridized carbons (Fsp3) is 0.150. The highest BCUT2D eigenvalue weighted by molar-refractivity contribution is 5.92. The summed E-state index contributed by atoms with van der Waals surface area (Å²) in [7, 11) is 0. The van der Waals surface area contributed by atoms with Crippen LogP contribution in [-0.4, -0.2) is 37.1 Å². The van der Waals surface area contributed by atoms with Gasteiger partial charge in [-0.25, -0.2) is 4.98 Å². The lowest BCUT2D eigenvalue weighted by Gasteiger charge is -2.11. The van der Waals surface area contributed by atoms with Gasteiger partial charge >= 0.3 is 0 Å². The first kappa shape index (κ1) is 18.4. The second-order valence-electron chi connectivity index (χ2n) is 6.16. The number of amides is 1. The molecular weight excluding hydrogens is 372 g/mol. The van der Waals surface area contributed by atoms with Crippen LogP contribution in [-0.2, 0) is 11.3 Å². The largest absolute Gasteiger partial charge is 0.492 e. The predicted molar refractivity (Wildman–Crippen MR) is 107 cm³/mol. The Bertz CT molecular complexity index is 1220. The van der Waals surface area contributed by atoms with Crippen LogP contribution in [0.2, 0.25) is 0 Å². The van der Waals surface area contributed by atoms with Crippen LogP contribution in [0.4, 0.5) is 5.69 Å². The third-order valence-electron chi connectivity index (χ3n) is 4.21. The standard InChI is InChI=1S/C20H18N6O3/c1-2-29-16-11-7-6-10-15(16)22-17(27)12-25-13-21-19-18(20(25)28)23-24-26(19)14-8-4-3-5-9-14/h3-11,13H,2,12H2,1H3,(H,22,27). The second-order valence-corrected chi connectivity index (χ2v) is 6.16. The zero-order valence-corrected chi connectivity index (χ0v) is 15.6. The van der Waals surface area contributed by atoms with Gasteiger partial charge in [0.25, 0.3) is 5.56 Å². The molecule has 0 aliphatic rings. The van der Waals surface area contributed by atoms with Gasteiger partial charge in [0.1, 0.15) is 18.6 Å². The molecule has 2 aromatic carbocycles. The van der Waals surface area contributed by atoms with Crippen molar-refractivity contribution in [2.24, 2.45) is 0 Å². The van der Waals surface area contributed by atoms with Crippen molar-refractivity contribution in [3.8, 4) is 11.4 Å². The van der Waals surface area contributed by atoms with Gasteiger partial charge in [0.2, 0.25) is 5.91 Å². The lowest BCUT2D eigenvalue weighted by atomic mass is 10.3. The van der Waals surface area contributed by atoms with Crippen molar-refractivity contribution in [2.75, 3.05) is 11.9 Å². The number of carbonyl (C=O) groups is 1. The Kier molecular flexibility index (Phi) is 5.02. The smallest absolute Gasteiger partial charge is 0.284 e. The maximum Gasteiger partial charge on any atom is 0.284 e. The number of ether oxygens (including phenoxy) is 1. The van der Waals surface area contributed by atoms with Gasteiger partial charge in [-0.2, -0.15) is 4.68 Å². The number of hydrogen-bond acceptors (Lipinski definition) is 6. The lowest BCUT2D eigenvalue weighted by molar-refractivity contribution is -0.116. The van der Waals surface area contributed by atoms with E-state index in [9.17, 15) is 9.59 Å². The number of nitrogens with one attached hydrogen (secondary N) is 1. The fourth-order valence-electron chi connectivity index (χ4n) is 2.90. The van der Waals surface area contributed by atoms with Gasteiger partial charge < -0.3 is 10.1 Å². The van der Waals surface area contributed by atoms with E-state index in [1.165, 1.54) is 15.6 Å². The maximum absolute atomic E-state index is 12.7. The Balaban J connectivity index is 1.58. The molecule has 2 aromatic heterocycles. The number of benzene rings is 2. The number of fused-ring (bicyclic) bond motifs is 1. The Hall–Kier alpha value is -4.01. The van der Waals surface area contributed by atoms with Crippen LogP contribution in [0.25, 0.3) is 16.9 Å². The quantitative estimate of drug-likeness (QED) is 0.540. The fourth-order valence-corrected chi connectivity index (χ4v) is 2.90. The summed E-state index contributed by atoms with van der Waals surface area (Å²) in [6, 6.07) is 16.4. The van der Waals surface area contributed by atoms with Crippen molar-refractivity contribution >= 4 is 22.8 Å². The number of hydrogen-bond donors (Lipinski definition) is 1. The Labute approximate surface area is 165 Å². The van der Waals surface area contributed by atoms with E-state index in [1.807, 2.05) is 43.3 Å². The molecule has 0 atom stereocenters. The van der Waals surface area contributed by atoms with E-state index in [-0.39, 0.29) is 18.0 Å². The minimum absolute atomic E-state index is 0.0962. The Morgan fingerprint density at radius 1 is 1.10 bits per heavy atom. The zero-order chi connectivity index (χ0) is 20.2. The Morgan fingerprint density at radius 3 is 2.66 bits per heavy atom. The van der Waals surface area contributed by atoms with Gasteiger partial charge in [0, 0.05) is 0 Å². The minimum atomic E-state index is -0.439. The summed E-state index contributed by atoms with van der Waals surface area (Å²) in [6.45, 7) is 2.13. The van der Waals surface area contributed by atoms with Crippen molar-refractivity contribution in [2.45, 2.75) is 13.5 Å². The van der Waals surface area contributed by atoms with E-state index < -0.39 is 5.56 Å². The summed E-state index contributed by atoms with van der Waals surface area (Å²) in [5, 5.41) is 10.7. The topological polar surface area (TPSA) is 104 Å². The van der Waals surface area contributed by atoms with Crippen molar-refractivity contribution < 1.29 is 9.53 Å². The first-order chi connectivity index (χ1) is 14.2. The lowest BCUT2D eigenvalue weighted by Crippen LogP contribution is -2.28. The normalized spacial score (nSPS) is 10.8. The van der Waals surface area contributed by atoms with Crippen LogP contribution in [0.15, 0.2) is 65.7 Å². The number of anilines is 1. The molecule has 0 saturated carbocycles. The van der Waals surface area contributed by atoms with E-state index in [0.29, 0.717) is 23.7 Å². The molecule has 4 rings (SSSR count). The van der Waals surface area contributed by atoms with Gasteiger partial charge in [0.15, 0.2) is 11.2 Å². The number of nitrogens with zero attached hydrogens (tertiary/aromatic N) is 5. The molecule has 0 spiro atoms. The molecule has 146 valence electrons. The van der Waals surface area contributed by atoms with Crippen LogP contribution in [0, 0.1) is 0 Å². The van der Waals surface area contributed by atoms with Gasteiger partial charge in [-0.1, -0.05) is 35.5 Å². The molecule has 9 heteroatoms. The molecule has 0 bridgehead atoms. The Morgan fingerprint density at radius 2 is 1.86 bits per heavy atom. The molecule has 0 aliphatic heterocycles. The third-order valence-corrected chi connectivity index (χ3v) is 4.21. The summed E-state index contributed by atoms with van der Waals surface area (Å²) in [6.07, 6.45) is 1.32. The first-order valence-corrected chi connectivity index (χ1v) is 9.05. The molecule has 0 saturated heterocycles. The number of rotatable bonds is 6. The van der Waals surface area contributed by atoms with Crippen LogP contribution in [0.1, 0.15) is 6.92 Å². The molecule has 4 aromatic rings. The summed E-state index contributed by atoms with van der Waals surface area (Å²) >= 11 is 0. The first-order valence-electron chi connectivity index (χ1n) is 9.05. The third kappa shape index (κ3) is 3.70. The average molecular weight is 390 g/mol. The molecule has 0 unspecified atom stereocenters. The molecule has 9 nitrogen and oxygen atoms in total. The van der Waals surface area contributed by atoms with Gasteiger partial charge in [0.05, 0.1) is 18.0 Å². The van der Waals surface area contributed by atoms with Crippen LogP contribution in [0.5, 0.6) is 5.75 Å². The molecule has 0 radical (unpaired) electrons. The zero-order valence-electron chi connectivity index (χ0n) is 15.6. The minimum Gasteiger partial charge on any atom is -0.492 e. The van der Waals surface area contributed by atoms with Crippen molar-refractivity contribution in [3.63, 3.8) is 0 Å². The molecule has 1 amide bonds. The van der Waals surface area contributed by atoms with Crippen molar-refractivity contribution in [1.82, 2.24) is 24.5 Å². The van der Waals surface area contributed by atoms with Crippen LogP contribution < -0.4 is 15.6 Å². The highest BCUT2D eigenvalue weighted by atomic mass is 16.5. The van der Waals surface area contributed by atoms with E-state index in [0.717, 1.165) is 5.69 Å². The van der Waals surface area contributed by atoms with E-state index >= 15 is 0 Å². The van der Waals surface area contributed by atoms with Crippen LogP contribution in [0.3, 0.4) is 0 Å². The number of aromatic nitrogens is 5. The number of para-hydroxylation sites is 3. The molecular formula is C20H18N6O3. The van der Waals surface area contributed by atoms with Gasteiger partial charge in [-0.15, -0.1) is 5.10 Å². The summed E-state index contributed by atoms with van der Waals surface area (Å²) in [4.78, 5) is 29.5. The van der Waals surface area contributed by atoms with E-state index in [1.54, 1.807) is 18.2 Å². The monoisotopic (exact) mass is 390 g/mol. The highest BCUT2D eigenvalue weighted by Gasteiger charge is 2.15. The predicted octanol–water partition coefficient (Wildman–Crippen LogP) is 2.01. The molecule has 0 aliphatic carbocycles. The average Bonchev–Trinajstić information content (AvgIpc) is 3.17. The van der Waals surface area contributed by atoms with Crippen molar-refractivity contribution in [3.05, 3.63) is 71.3 Å². The van der Waals surface area contributed by atoms with E-state index in [2.05, 4.69) is 20.6 Å². The van der Waals surface area contributed by atoms with Crippen LogP contribution >= 0.6 is 0 Å². The van der Waals surface area contributed by atoms with Gasteiger partial charge in [-0.3, -0.25) is 14.2 Å². The molecule has 2 heterocycles. The SMILES string of the molecule is CCOc1ccccc1NC(=O)Cn1cnc2c(nnn2-c2ccccc2)c1=O. The summed E-state index contributed by atoms with van der Waals surface area (Å²) in [5.74, 6) is 0.186.